The number of aromatic nitrogens is 4. The van der Waals surface area contributed by atoms with Gasteiger partial charge in [-0.05, 0) is 71.1 Å². The summed E-state index contributed by atoms with van der Waals surface area (Å²) in [5, 5.41) is 0.565. The molecule has 0 bridgehead atoms. The van der Waals surface area contributed by atoms with Crippen LogP contribution in [0.4, 0.5) is 38.1 Å². The third kappa shape index (κ3) is 7.99. The first kappa shape index (κ1) is 30.4. The number of benzene rings is 1. The van der Waals surface area contributed by atoms with E-state index in [1.807, 2.05) is 6.26 Å². The highest BCUT2D eigenvalue weighted by Gasteiger charge is 2.37. The van der Waals surface area contributed by atoms with Gasteiger partial charge in [-0.1, -0.05) is 18.7 Å². The maximum absolute atomic E-state index is 13.5. The van der Waals surface area contributed by atoms with Crippen molar-refractivity contribution in [2.75, 3.05) is 29.1 Å². The van der Waals surface area contributed by atoms with Gasteiger partial charge in [0.1, 0.15) is 5.82 Å². The minimum absolute atomic E-state index is 0.0636. The molecular weight excluding hydrogens is 622 g/mol. The first-order chi connectivity index (χ1) is 18.9. The summed E-state index contributed by atoms with van der Waals surface area (Å²) in [5.41, 5.74) is -2.26. The fourth-order valence-corrected chi connectivity index (χ4v) is 4.77. The van der Waals surface area contributed by atoms with E-state index in [-0.39, 0.29) is 30.7 Å². The smallest absolute Gasteiger partial charge is 0.356 e. The average Bonchev–Trinajstić information content (AvgIpc) is 3.72. The molecule has 0 aliphatic heterocycles. The second-order valence-electron chi connectivity index (χ2n) is 9.57. The lowest BCUT2D eigenvalue weighted by Gasteiger charge is -2.29. The minimum atomic E-state index is -4.95. The fraction of sp³-hybridized carbons (Fsp3) is 0.462. The van der Waals surface area contributed by atoms with Crippen molar-refractivity contribution >= 4 is 39.5 Å². The van der Waals surface area contributed by atoms with Gasteiger partial charge in [-0.2, -0.15) is 26.3 Å². The van der Waals surface area contributed by atoms with Crippen LogP contribution in [0.25, 0.3) is 0 Å². The number of rotatable bonds is 11. The van der Waals surface area contributed by atoms with Gasteiger partial charge in [0.05, 0.1) is 22.1 Å². The number of halogens is 7. The summed E-state index contributed by atoms with van der Waals surface area (Å²) < 4.78 is 81.9. The molecule has 0 radical (unpaired) electrons. The highest BCUT2D eigenvalue weighted by atomic mass is 79.9. The van der Waals surface area contributed by atoms with Crippen LogP contribution in [0, 0.1) is 5.92 Å². The number of hydrogen-bond donors (Lipinski definition) is 0. The summed E-state index contributed by atoms with van der Waals surface area (Å²) in [6.45, 7) is 3.36. The van der Waals surface area contributed by atoms with Crippen LogP contribution in [0.5, 0.6) is 0 Å². The molecule has 0 amide bonds. The van der Waals surface area contributed by atoms with E-state index in [4.69, 9.17) is 4.98 Å². The second-order valence-corrected chi connectivity index (χ2v) is 11.3. The monoisotopic (exact) mass is 648 g/mol. The Hall–Kier alpha value is -2.61. The van der Waals surface area contributed by atoms with E-state index in [9.17, 15) is 26.3 Å². The van der Waals surface area contributed by atoms with Crippen LogP contribution in [0.2, 0.25) is 0 Å². The molecule has 2 aromatic heterocycles. The first-order valence-electron chi connectivity index (χ1n) is 12.5. The van der Waals surface area contributed by atoms with Crippen molar-refractivity contribution in [2.24, 2.45) is 5.92 Å². The van der Waals surface area contributed by atoms with E-state index in [2.05, 4.69) is 42.7 Å². The van der Waals surface area contributed by atoms with Gasteiger partial charge in [0.2, 0.25) is 5.95 Å². The molecule has 2 heterocycles. The summed E-state index contributed by atoms with van der Waals surface area (Å²) >= 11 is 4.64. The van der Waals surface area contributed by atoms with Gasteiger partial charge < -0.3 is 9.80 Å². The number of thioether (sulfide) groups is 1. The van der Waals surface area contributed by atoms with Crippen LogP contribution >= 0.6 is 27.7 Å². The van der Waals surface area contributed by atoms with E-state index >= 15 is 0 Å². The molecule has 1 aromatic carbocycles. The van der Waals surface area contributed by atoms with Crippen LogP contribution in [0.1, 0.15) is 48.4 Å². The quantitative estimate of drug-likeness (QED) is 0.120. The van der Waals surface area contributed by atoms with Crippen LogP contribution in [-0.2, 0) is 25.4 Å². The molecule has 0 saturated heterocycles. The standard InChI is InChI=1S/C26H27BrF6N6S/c1-3-6-38(13-16-4-5-16)22-18(10-36-24(37-22)40-2)15-39(23-34-11-21(27)12-35-23)14-17-7-19(25(28,29)30)9-20(8-17)26(31,32)33/h7-12,16H,3-6,13-15H2,1-2H3. The molecule has 3 aromatic rings. The van der Waals surface area contributed by atoms with Crippen LogP contribution < -0.4 is 9.80 Å². The molecular formula is C26H27BrF6N6S. The summed E-state index contributed by atoms with van der Waals surface area (Å²) in [6, 6.07) is 1.58. The van der Waals surface area contributed by atoms with E-state index in [0.29, 0.717) is 26.9 Å². The predicted molar refractivity (Wildman–Crippen MR) is 145 cm³/mol. The maximum Gasteiger partial charge on any atom is 0.416 e. The SMILES string of the molecule is CCCN(CC1CC1)c1nc(SC)ncc1CN(Cc1cc(C(F)(F)F)cc(C(F)(F)F)c1)c1ncc(Br)cn1. The summed E-state index contributed by atoms with van der Waals surface area (Å²) in [6.07, 6.45) is -0.325. The molecule has 1 aliphatic rings. The van der Waals surface area contributed by atoms with E-state index in [0.717, 1.165) is 44.5 Å². The highest BCUT2D eigenvalue weighted by Crippen LogP contribution is 2.37. The molecule has 4 rings (SSSR count). The number of alkyl halides is 6. The van der Waals surface area contributed by atoms with Crippen LogP contribution in [-0.4, -0.2) is 39.3 Å². The Bertz CT molecular complexity index is 1270. The van der Waals surface area contributed by atoms with Crippen molar-refractivity contribution in [3.8, 4) is 0 Å². The van der Waals surface area contributed by atoms with E-state index < -0.39 is 23.5 Å². The zero-order chi connectivity index (χ0) is 29.1. The van der Waals surface area contributed by atoms with E-state index in [1.165, 1.54) is 29.1 Å². The van der Waals surface area contributed by atoms with Gasteiger partial charge in [-0.25, -0.2) is 19.9 Å². The molecule has 1 aliphatic carbocycles. The zero-order valence-electron chi connectivity index (χ0n) is 21.7. The maximum atomic E-state index is 13.5. The second kappa shape index (κ2) is 12.5. The Balaban J connectivity index is 1.77. The molecule has 0 atom stereocenters. The summed E-state index contributed by atoms with van der Waals surface area (Å²) in [7, 11) is 0. The van der Waals surface area contributed by atoms with Gasteiger partial charge in [-0.3, -0.25) is 0 Å². The molecule has 14 heteroatoms. The Labute approximate surface area is 240 Å². The Morgan fingerprint density at radius 1 is 0.900 bits per heavy atom. The van der Waals surface area contributed by atoms with Crippen molar-refractivity contribution in [1.29, 1.82) is 0 Å². The number of hydrogen-bond acceptors (Lipinski definition) is 7. The van der Waals surface area contributed by atoms with Crippen molar-refractivity contribution < 1.29 is 26.3 Å². The van der Waals surface area contributed by atoms with Crippen molar-refractivity contribution in [2.45, 2.75) is 56.8 Å². The zero-order valence-corrected chi connectivity index (χ0v) is 24.1. The number of nitrogens with zero attached hydrogens (tertiary/aromatic N) is 6. The molecule has 6 nitrogen and oxygen atoms in total. The lowest BCUT2D eigenvalue weighted by molar-refractivity contribution is -0.143. The normalized spacial score (nSPS) is 13.9. The predicted octanol–water partition coefficient (Wildman–Crippen LogP) is 7.62. The number of anilines is 2. The Morgan fingerprint density at radius 3 is 2.05 bits per heavy atom. The van der Waals surface area contributed by atoms with E-state index in [1.54, 1.807) is 6.20 Å². The molecule has 0 N–H and O–H groups in total. The third-order valence-electron chi connectivity index (χ3n) is 6.24. The van der Waals surface area contributed by atoms with Gasteiger partial charge >= 0.3 is 12.4 Å². The van der Waals surface area contributed by atoms with Crippen LogP contribution in [0.15, 0.2) is 46.4 Å². The van der Waals surface area contributed by atoms with Gasteiger partial charge in [-0.15, -0.1) is 0 Å². The molecule has 0 unspecified atom stereocenters. The largest absolute Gasteiger partial charge is 0.416 e. The molecule has 40 heavy (non-hydrogen) atoms. The van der Waals surface area contributed by atoms with Crippen LogP contribution in [0.3, 0.4) is 0 Å². The first-order valence-corrected chi connectivity index (χ1v) is 14.5. The highest BCUT2D eigenvalue weighted by molar-refractivity contribution is 9.10. The summed E-state index contributed by atoms with van der Waals surface area (Å²) in [5.74, 6) is 1.39. The van der Waals surface area contributed by atoms with Gasteiger partial charge in [0, 0.05) is 43.8 Å². The average molecular weight is 650 g/mol. The molecule has 0 spiro atoms. The lowest BCUT2D eigenvalue weighted by atomic mass is 10.0. The van der Waals surface area contributed by atoms with Gasteiger partial charge in [0.25, 0.3) is 0 Å². The third-order valence-corrected chi connectivity index (χ3v) is 7.21. The van der Waals surface area contributed by atoms with Crippen molar-refractivity contribution in [1.82, 2.24) is 19.9 Å². The Kier molecular flexibility index (Phi) is 9.48. The molecule has 1 fully saturated rings. The topological polar surface area (TPSA) is 58.0 Å². The van der Waals surface area contributed by atoms with Gasteiger partial charge in [0.15, 0.2) is 5.16 Å². The van der Waals surface area contributed by atoms with Crippen molar-refractivity contribution in [3.05, 3.63) is 63.5 Å². The summed E-state index contributed by atoms with van der Waals surface area (Å²) in [4.78, 5) is 21.4. The van der Waals surface area contributed by atoms with Crippen molar-refractivity contribution in [3.63, 3.8) is 0 Å². The fourth-order valence-electron chi connectivity index (χ4n) is 4.23. The molecule has 1 saturated carbocycles. The molecule has 216 valence electrons. The Morgan fingerprint density at radius 2 is 1.52 bits per heavy atom. The lowest BCUT2D eigenvalue weighted by Crippen LogP contribution is -2.31. The minimum Gasteiger partial charge on any atom is -0.356 e.